The van der Waals surface area contributed by atoms with Crippen LogP contribution in [0.2, 0.25) is 0 Å². The van der Waals surface area contributed by atoms with Crippen molar-refractivity contribution >= 4 is 23.2 Å². The molecule has 1 aromatic heterocycles. The number of benzene rings is 2. The van der Waals surface area contributed by atoms with Crippen molar-refractivity contribution in [1.29, 1.82) is 0 Å². The molecule has 0 saturated heterocycles. The Kier molecular flexibility index (Phi) is 4.43. The molecule has 2 N–H and O–H groups in total. The number of hydrogen-bond acceptors (Lipinski definition) is 4. The molecule has 0 aliphatic heterocycles. The number of aromatic nitrogens is 1. The van der Waals surface area contributed by atoms with Gasteiger partial charge in [0.2, 0.25) is 11.8 Å². The summed E-state index contributed by atoms with van der Waals surface area (Å²) in [4.78, 5) is 23.9. The van der Waals surface area contributed by atoms with Crippen LogP contribution in [0.25, 0.3) is 11.3 Å². The first kappa shape index (κ1) is 17.9. The van der Waals surface area contributed by atoms with Gasteiger partial charge in [-0.2, -0.15) is 0 Å². The first-order valence-electron chi connectivity index (χ1n) is 8.89. The zero-order valence-corrected chi connectivity index (χ0v) is 15.2. The van der Waals surface area contributed by atoms with Gasteiger partial charge in [0.25, 0.3) is 0 Å². The Hall–Kier alpha value is -3.48. The lowest BCUT2D eigenvalue weighted by Gasteiger charge is -2.13. The number of nitrogens with one attached hydrogen (secondary N) is 2. The van der Waals surface area contributed by atoms with Gasteiger partial charge in [0, 0.05) is 24.4 Å². The summed E-state index contributed by atoms with van der Waals surface area (Å²) in [5, 5.41) is 9.58. The van der Waals surface area contributed by atoms with E-state index in [1.807, 2.05) is 0 Å². The van der Waals surface area contributed by atoms with E-state index in [-0.39, 0.29) is 11.8 Å². The standard InChI is InChI=1S/C21H18FN3O3/c1-13(26)23-14-6-8-15(9-7-14)24-20(27)21(10-11-21)19-12-18(28-25-19)16-4-2-3-5-17(16)22/h2-9,12H,10-11H2,1H3,(H,23,26)(H,24,27). The molecule has 0 atom stereocenters. The fraction of sp³-hybridized carbons (Fsp3) is 0.190. The minimum absolute atomic E-state index is 0.162. The molecule has 28 heavy (non-hydrogen) atoms. The maximum atomic E-state index is 14.0. The quantitative estimate of drug-likeness (QED) is 0.699. The Balaban J connectivity index is 1.51. The summed E-state index contributed by atoms with van der Waals surface area (Å²) in [6.07, 6.45) is 1.29. The van der Waals surface area contributed by atoms with Gasteiger partial charge in [-0.05, 0) is 49.2 Å². The van der Waals surface area contributed by atoms with E-state index >= 15 is 0 Å². The molecule has 1 fully saturated rings. The van der Waals surface area contributed by atoms with Crippen LogP contribution >= 0.6 is 0 Å². The second-order valence-electron chi connectivity index (χ2n) is 6.85. The summed E-state index contributed by atoms with van der Waals surface area (Å²) in [6, 6.07) is 14.8. The third kappa shape index (κ3) is 3.38. The Morgan fingerprint density at radius 2 is 1.68 bits per heavy atom. The van der Waals surface area contributed by atoms with Crippen LogP contribution in [0, 0.1) is 5.82 Å². The van der Waals surface area contributed by atoms with E-state index in [9.17, 15) is 14.0 Å². The number of anilines is 2. The molecule has 2 aromatic carbocycles. The summed E-state index contributed by atoms with van der Waals surface area (Å²) in [5.74, 6) is -0.454. The maximum absolute atomic E-state index is 14.0. The lowest BCUT2D eigenvalue weighted by molar-refractivity contribution is -0.118. The molecule has 1 aliphatic carbocycles. The zero-order chi connectivity index (χ0) is 19.7. The molecule has 0 spiro atoms. The smallest absolute Gasteiger partial charge is 0.236 e. The topological polar surface area (TPSA) is 84.2 Å². The lowest BCUT2D eigenvalue weighted by Crippen LogP contribution is -2.28. The Bertz CT molecular complexity index is 1040. The highest BCUT2D eigenvalue weighted by molar-refractivity contribution is 6.01. The summed E-state index contributed by atoms with van der Waals surface area (Å²) < 4.78 is 19.3. The second kappa shape index (κ2) is 6.92. The van der Waals surface area contributed by atoms with Crippen molar-refractivity contribution in [3.05, 3.63) is 66.1 Å². The van der Waals surface area contributed by atoms with E-state index < -0.39 is 11.2 Å². The van der Waals surface area contributed by atoms with Gasteiger partial charge >= 0.3 is 0 Å². The van der Waals surface area contributed by atoms with Gasteiger partial charge in [0.15, 0.2) is 5.76 Å². The molecule has 1 aliphatic rings. The minimum atomic E-state index is -0.761. The van der Waals surface area contributed by atoms with E-state index in [1.165, 1.54) is 13.0 Å². The number of rotatable bonds is 5. The fourth-order valence-corrected chi connectivity index (χ4v) is 3.10. The number of halogens is 1. The molecular formula is C21H18FN3O3. The second-order valence-corrected chi connectivity index (χ2v) is 6.85. The predicted octanol–water partition coefficient (Wildman–Crippen LogP) is 4.11. The summed E-state index contributed by atoms with van der Waals surface area (Å²) in [5.41, 5.74) is 1.31. The number of nitrogens with zero attached hydrogens (tertiary/aromatic N) is 1. The summed E-state index contributed by atoms with van der Waals surface area (Å²) >= 11 is 0. The minimum Gasteiger partial charge on any atom is -0.356 e. The van der Waals surface area contributed by atoms with Crippen molar-refractivity contribution in [2.24, 2.45) is 0 Å². The van der Waals surface area contributed by atoms with Gasteiger partial charge in [-0.25, -0.2) is 4.39 Å². The van der Waals surface area contributed by atoms with Crippen LogP contribution in [0.3, 0.4) is 0 Å². The van der Waals surface area contributed by atoms with Crippen molar-refractivity contribution in [3.63, 3.8) is 0 Å². The first-order chi connectivity index (χ1) is 13.5. The lowest BCUT2D eigenvalue weighted by atomic mass is 10.00. The highest BCUT2D eigenvalue weighted by Gasteiger charge is 2.53. The van der Waals surface area contributed by atoms with Gasteiger partial charge in [-0.1, -0.05) is 17.3 Å². The van der Waals surface area contributed by atoms with Gasteiger partial charge in [-0.3, -0.25) is 9.59 Å². The molecule has 7 heteroatoms. The van der Waals surface area contributed by atoms with Gasteiger partial charge in [0.1, 0.15) is 5.82 Å². The summed E-state index contributed by atoms with van der Waals surface area (Å²) in [7, 11) is 0. The Morgan fingerprint density at radius 3 is 2.29 bits per heavy atom. The Labute approximate surface area is 160 Å². The molecule has 1 saturated carbocycles. The molecular weight excluding hydrogens is 361 g/mol. The molecule has 0 bridgehead atoms. The van der Waals surface area contributed by atoms with Gasteiger partial charge < -0.3 is 15.2 Å². The monoisotopic (exact) mass is 379 g/mol. The van der Waals surface area contributed by atoms with E-state index in [1.54, 1.807) is 48.5 Å². The van der Waals surface area contributed by atoms with E-state index in [0.717, 1.165) is 0 Å². The van der Waals surface area contributed by atoms with Crippen LogP contribution in [-0.4, -0.2) is 17.0 Å². The fourth-order valence-electron chi connectivity index (χ4n) is 3.10. The van der Waals surface area contributed by atoms with Crippen molar-refractivity contribution in [2.45, 2.75) is 25.2 Å². The van der Waals surface area contributed by atoms with Crippen LogP contribution in [0.4, 0.5) is 15.8 Å². The summed E-state index contributed by atoms with van der Waals surface area (Å²) in [6.45, 7) is 1.43. The largest absolute Gasteiger partial charge is 0.356 e. The number of amides is 2. The third-order valence-electron chi connectivity index (χ3n) is 4.79. The molecule has 6 nitrogen and oxygen atoms in total. The highest BCUT2D eigenvalue weighted by Crippen LogP contribution is 2.49. The maximum Gasteiger partial charge on any atom is 0.236 e. The van der Waals surface area contributed by atoms with Crippen LogP contribution in [0.1, 0.15) is 25.5 Å². The van der Waals surface area contributed by atoms with Crippen LogP contribution in [0.15, 0.2) is 59.1 Å². The molecule has 1 heterocycles. The Morgan fingerprint density at radius 1 is 1.04 bits per heavy atom. The number of carbonyl (C=O) groups excluding carboxylic acids is 2. The average Bonchev–Trinajstić information content (AvgIpc) is 3.34. The van der Waals surface area contributed by atoms with Crippen LogP contribution in [-0.2, 0) is 15.0 Å². The predicted molar refractivity (Wildman–Crippen MR) is 102 cm³/mol. The van der Waals surface area contributed by atoms with Crippen LogP contribution < -0.4 is 10.6 Å². The third-order valence-corrected chi connectivity index (χ3v) is 4.79. The number of carbonyl (C=O) groups is 2. The van der Waals surface area contributed by atoms with Crippen molar-refractivity contribution in [1.82, 2.24) is 5.16 Å². The molecule has 3 aromatic rings. The van der Waals surface area contributed by atoms with Crippen molar-refractivity contribution < 1.29 is 18.5 Å². The van der Waals surface area contributed by atoms with Crippen LogP contribution in [0.5, 0.6) is 0 Å². The van der Waals surface area contributed by atoms with E-state index in [4.69, 9.17) is 4.52 Å². The van der Waals surface area contributed by atoms with E-state index in [0.29, 0.717) is 41.2 Å². The molecule has 0 radical (unpaired) electrons. The molecule has 142 valence electrons. The average molecular weight is 379 g/mol. The SMILES string of the molecule is CC(=O)Nc1ccc(NC(=O)C2(c3cc(-c4ccccc4F)on3)CC2)cc1. The number of hydrogen-bond donors (Lipinski definition) is 2. The zero-order valence-electron chi connectivity index (χ0n) is 15.2. The molecule has 2 amide bonds. The normalized spacial score (nSPS) is 14.4. The molecule has 4 rings (SSSR count). The van der Waals surface area contributed by atoms with Gasteiger partial charge in [0.05, 0.1) is 16.7 Å². The van der Waals surface area contributed by atoms with E-state index in [2.05, 4.69) is 15.8 Å². The van der Waals surface area contributed by atoms with Crippen molar-refractivity contribution in [2.75, 3.05) is 10.6 Å². The highest BCUT2D eigenvalue weighted by atomic mass is 19.1. The first-order valence-corrected chi connectivity index (χ1v) is 8.89. The van der Waals surface area contributed by atoms with Crippen molar-refractivity contribution in [3.8, 4) is 11.3 Å². The molecule has 0 unspecified atom stereocenters. The van der Waals surface area contributed by atoms with Gasteiger partial charge in [-0.15, -0.1) is 0 Å².